The summed E-state index contributed by atoms with van der Waals surface area (Å²) < 4.78 is 13.2. The Bertz CT molecular complexity index is 593. The number of halogens is 1. The predicted octanol–water partition coefficient (Wildman–Crippen LogP) is 2.93. The quantitative estimate of drug-likeness (QED) is 0.903. The second-order valence-electron chi connectivity index (χ2n) is 4.99. The van der Waals surface area contributed by atoms with Gasteiger partial charge >= 0.3 is 0 Å². The Morgan fingerprint density at radius 2 is 2.33 bits per heavy atom. The van der Waals surface area contributed by atoms with Crippen LogP contribution in [0.5, 0.6) is 0 Å². The van der Waals surface area contributed by atoms with Crippen LogP contribution in [0.4, 0.5) is 4.39 Å². The monoisotopic (exact) mass is 262 g/mol. The lowest BCUT2D eigenvalue weighted by molar-refractivity contribution is 0.434. The molecule has 1 aliphatic rings. The summed E-state index contributed by atoms with van der Waals surface area (Å²) in [6, 6.07) is 4.94. The Labute approximate surface area is 110 Å². The predicted molar refractivity (Wildman–Crippen MR) is 71.1 cm³/mol. The van der Waals surface area contributed by atoms with Crippen molar-refractivity contribution < 1.29 is 4.39 Å². The Balaban J connectivity index is 1.94. The van der Waals surface area contributed by atoms with Gasteiger partial charge in [-0.1, -0.05) is 6.07 Å². The van der Waals surface area contributed by atoms with E-state index in [0.717, 1.165) is 41.1 Å². The average Bonchev–Trinajstić information content (AvgIpc) is 2.84. The molecule has 0 bridgehead atoms. The highest BCUT2D eigenvalue weighted by molar-refractivity contribution is 7.09. The van der Waals surface area contributed by atoms with Crippen LogP contribution in [0.1, 0.15) is 28.2 Å². The van der Waals surface area contributed by atoms with Gasteiger partial charge in [0.15, 0.2) is 0 Å². The Hall–Kier alpha value is -1.26. The second kappa shape index (κ2) is 4.14. The van der Waals surface area contributed by atoms with Crippen molar-refractivity contribution in [1.29, 1.82) is 0 Å². The lowest BCUT2D eigenvalue weighted by Crippen LogP contribution is -2.36. The molecule has 1 aromatic heterocycles. The van der Waals surface area contributed by atoms with E-state index in [9.17, 15) is 4.39 Å². The summed E-state index contributed by atoms with van der Waals surface area (Å²) in [5.74, 6) is -0.178. The molecule has 3 rings (SSSR count). The molecular weight excluding hydrogens is 247 g/mol. The first-order valence-corrected chi connectivity index (χ1v) is 6.94. The summed E-state index contributed by atoms with van der Waals surface area (Å²) in [4.78, 5) is 4.47. The summed E-state index contributed by atoms with van der Waals surface area (Å²) >= 11 is 1.64. The van der Waals surface area contributed by atoms with E-state index < -0.39 is 0 Å². The van der Waals surface area contributed by atoms with Gasteiger partial charge in [-0.15, -0.1) is 11.3 Å². The zero-order valence-corrected chi connectivity index (χ0v) is 11.1. The first-order valence-electron chi connectivity index (χ1n) is 6.06. The van der Waals surface area contributed by atoms with Crippen molar-refractivity contribution in [3.63, 3.8) is 0 Å². The molecule has 18 heavy (non-hydrogen) atoms. The standard InChI is InChI=1S/C14H15FN2S/c1-9-17-12(8-18-9)7-14(16)5-4-10-6-11(15)2-3-13(10)14/h2-3,6,8H,4-5,7,16H2,1H3. The molecular formula is C14H15FN2S. The summed E-state index contributed by atoms with van der Waals surface area (Å²) in [6.45, 7) is 2.00. The molecule has 2 aromatic rings. The summed E-state index contributed by atoms with van der Waals surface area (Å²) in [5, 5.41) is 3.12. The van der Waals surface area contributed by atoms with Crippen LogP contribution in [0, 0.1) is 12.7 Å². The highest BCUT2D eigenvalue weighted by atomic mass is 32.1. The normalized spacial score (nSPS) is 22.2. The van der Waals surface area contributed by atoms with E-state index in [4.69, 9.17) is 5.73 Å². The van der Waals surface area contributed by atoms with Gasteiger partial charge in [-0.25, -0.2) is 9.37 Å². The number of rotatable bonds is 2. The molecule has 2 nitrogen and oxygen atoms in total. The molecule has 0 fully saturated rings. The minimum absolute atomic E-state index is 0.178. The van der Waals surface area contributed by atoms with Crippen LogP contribution in [0.25, 0.3) is 0 Å². The smallest absolute Gasteiger partial charge is 0.123 e. The number of nitrogens with zero attached hydrogens (tertiary/aromatic N) is 1. The number of aryl methyl sites for hydroxylation is 2. The van der Waals surface area contributed by atoms with Crippen LogP contribution < -0.4 is 5.73 Å². The fourth-order valence-electron chi connectivity index (χ4n) is 2.74. The SMILES string of the molecule is Cc1nc(CC2(N)CCc3cc(F)ccc32)cs1. The molecule has 1 atom stereocenters. The van der Waals surface area contributed by atoms with Crippen molar-refractivity contribution in [2.45, 2.75) is 31.7 Å². The van der Waals surface area contributed by atoms with Crippen molar-refractivity contribution in [2.24, 2.45) is 5.73 Å². The van der Waals surface area contributed by atoms with Crippen molar-refractivity contribution in [1.82, 2.24) is 4.98 Å². The molecule has 0 amide bonds. The molecule has 0 saturated heterocycles. The van der Waals surface area contributed by atoms with E-state index in [1.807, 2.05) is 13.0 Å². The second-order valence-corrected chi connectivity index (χ2v) is 6.05. The summed E-state index contributed by atoms with van der Waals surface area (Å²) in [7, 11) is 0. The third-order valence-electron chi connectivity index (χ3n) is 3.61. The lowest BCUT2D eigenvalue weighted by atomic mass is 9.88. The van der Waals surface area contributed by atoms with Crippen molar-refractivity contribution in [3.05, 3.63) is 51.2 Å². The van der Waals surface area contributed by atoms with Gasteiger partial charge in [0.2, 0.25) is 0 Å². The maximum atomic E-state index is 13.2. The average molecular weight is 262 g/mol. The molecule has 0 aliphatic heterocycles. The van der Waals surface area contributed by atoms with Crippen LogP contribution in [0.3, 0.4) is 0 Å². The maximum Gasteiger partial charge on any atom is 0.123 e. The molecule has 0 saturated carbocycles. The van der Waals surface area contributed by atoms with Crippen molar-refractivity contribution >= 4 is 11.3 Å². The Morgan fingerprint density at radius 3 is 3.06 bits per heavy atom. The van der Waals surface area contributed by atoms with Crippen LogP contribution >= 0.6 is 11.3 Å². The van der Waals surface area contributed by atoms with Gasteiger partial charge in [-0.05, 0) is 43.0 Å². The highest BCUT2D eigenvalue weighted by Gasteiger charge is 2.35. The minimum Gasteiger partial charge on any atom is -0.321 e. The zero-order chi connectivity index (χ0) is 12.8. The van der Waals surface area contributed by atoms with Crippen LogP contribution in [0.2, 0.25) is 0 Å². The third-order valence-corrected chi connectivity index (χ3v) is 4.43. The largest absolute Gasteiger partial charge is 0.321 e. The van der Waals surface area contributed by atoms with Crippen LogP contribution in [0.15, 0.2) is 23.6 Å². The maximum absolute atomic E-state index is 13.2. The fraction of sp³-hybridized carbons (Fsp3) is 0.357. The van der Waals surface area contributed by atoms with E-state index in [1.54, 1.807) is 17.4 Å². The highest BCUT2D eigenvalue weighted by Crippen LogP contribution is 2.37. The van der Waals surface area contributed by atoms with Gasteiger partial charge in [0.25, 0.3) is 0 Å². The van der Waals surface area contributed by atoms with E-state index in [2.05, 4.69) is 10.4 Å². The Morgan fingerprint density at radius 1 is 1.50 bits per heavy atom. The number of thiazole rings is 1. The molecule has 0 radical (unpaired) electrons. The van der Waals surface area contributed by atoms with Crippen LogP contribution in [-0.4, -0.2) is 4.98 Å². The lowest BCUT2D eigenvalue weighted by Gasteiger charge is -2.24. The molecule has 0 spiro atoms. The van der Waals surface area contributed by atoms with Gasteiger partial charge in [0, 0.05) is 17.3 Å². The zero-order valence-electron chi connectivity index (χ0n) is 10.2. The minimum atomic E-state index is -0.385. The number of benzene rings is 1. The topological polar surface area (TPSA) is 38.9 Å². The number of hydrogen-bond acceptors (Lipinski definition) is 3. The molecule has 1 unspecified atom stereocenters. The molecule has 1 aromatic carbocycles. The van der Waals surface area contributed by atoms with Crippen LogP contribution in [-0.2, 0) is 18.4 Å². The van der Waals surface area contributed by atoms with Gasteiger partial charge in [0.1, 0.15) is 5.82 Å². The third kappa shape index (κ3) is 1.95. The van der Waals surface area contributed by atoms with Gasteiger partial charge in [0.05, 0.1) is 10.7 Å². The summed E-state index contributed by atoms with van der Waals surface area (Å²) in [6.07, 6.45) is 2.45. The number of aromatic nitrogens is 1. The summed E-state index contributed by atoms with van der Waals surface area (Å²) in [5.41, 5.74) is 9.28. The number of fused-ring (bicyclic) bond motifs is 1. The van der Waals surface area contributed by atoms with E-state index >= 15 is 0 Å². The Kier molecular flexibility index (Phi) is 2.72. The molecule has 2 N–H and O–H groups in total. The fourth-order valence-corrected chi connectivity index (χ4v) is 3.36. The van der Waals surface area contributed by atoms with Gasteiger partial charge in [-0.2, -0.15) is 0 Å². The van der Waals surface area contributed by atoms with Crippen molar-refractivity contribution in [3.8, 4) is 0 Å². The van der Waals surface area contributed by atoms with E-state index in [-0.39, 0.29) is 11.4 Å². The molecule has 4 heteroatoms. The van der Waals surface area contributed by atoms with Crippen molar-refractivity contribution in [2.75, 3.05) is 0 Å². The molecule has 1 aliphatic carbocycles. The molecule has 1 heterocycles. The first-order chi connectivity index (χ1) is 8.57. The van der Waals surface area contributed by atoms with Gasteiger partial charge < -0.3 is 5.73 Å². The molecule has 94 valence electrons. The van der Waals surface area contributed by atoms with E-state index in [0.29, 0.717) is 0 Å². The number of nitrogens with two attached hydrogens (primary N) is 1. The van der Waals surface area contributed by atoms with E-state index in [1.165, 1.54) is 6.07 Å². The number of hydrogen-bond donors (Lipinski definition) is 1. The van der Waals surface area contributed by atoms with Gasteiger partial charge in [-0.3, -0.25) is 0 Å². The first kappa shape index (κ1) is 11.8.